The van der Waals surface area contributed by atoms with Crippen LogP contribution in [0.25, 0.3) is 0 Å². The summed E-state index contributed by atoms with van der Waals surface area (Å²) >= 11 is 0. The molecule has 0 radical (unpaired) electrons. The van der Waals surface area contributed by atoms with Crippen LogP contribution in [-0.4, -0.2) is 11.0 Å². The molecule has 20 heavy (non-hydrogen) atoms. The third kappa shape index (κ3) is 3.54. The van der Waals surface area contributed by atoms with Crippen molar-refractivity contribution in [1.29, 1.82) is 0 Å². The van der Waals surface area contributed by atoms with Crippen molar-refractivity contribution in [1.82, 2.24) is 5.32 Å². The number of nitrogens with one attached hydrogen (secondary N) is 1. The van der Waals surface area contributed by atoms with Gasteiger partial charge >= 0.3 is 5.69 Å². The lowest BCUT2D eigenvalue weighted by Crippen LogP contribution is -2.35. The summed E-state index contributed by atoms with van der Waals surface area (Å²) in [5, 5.41) is 14.0. The molecule has 110 valence electrons. The van der Waals surface area contributed by atoms with Crippen LogP contribution in [0.2, 0.25) is 0 Å². The molecule has 3 atom stereocenters. The van der Waals surface area contributed by atoms with Gasteiger partial charge in [-0.25, -0.2) is 0 Å². The van der Waals surface area contributed by atoms with Gasteiger partial charge in [0.25, 0.3) is 0 Å². The van der Waals surface area contributed by atoms with Gasteiger partial charge in [-0.15, -0.1) is 0 Å². The van der Waals surface area contributed by atoms with Crippen LogP contribution in [0.1, 0.15) is 38.7 Å². The second-order valence-electron chi connectivity index (χ2n) is 5.89. The van der Waals surface area contributed by atoms with Gasteiger partial charge in [0.15, 0.2) is 0 Å². The highest BCUT2D eigenvalue weighted by atomic mass is 19.1. The number of rotatable bonds is 4. The Labute approximate surface area is 118 Å². The summed E-state index contributed by atoms with van der Waals surface area (Å²) in [4.78, 5) is 9.86. The number of nitrogens with zero attached hydrogens (tertiary/aromatic N) is 1. The maximum atomic E-state index is 13.5. The van der Waals surface area contributed by atoms with Crippen molar-refractivity contribution in [2.45, 2.75) is 45.7 Å². The predicted molar refractivity (Wildman–Crippen MR) is 75.9 cm³/mol. The lowest BCUT2D eigenvalue weighted by Gasteiger charge is -2.32. The highest BCUT2D eigenvalue weighted by Gasteiger charge is 2.24. The average Bonchev–Trinajstić information content (AvgIpc) is 2.40. The van der Waals surface area contributed by atoms with E-state index in [0.717, 1.165) is 24.3 Å². The molecule has 0 aliphatic heterocycles. The van der Waals surface area contributed by atoms with Crippen molar-refractivity contribution in [3.63, 3.8) is 0 Å². The standard InChI is InChI=1S/C15H21FN2O2/c1-10-3-5-13(7-11(10)2)17-9-12-4-6-15(18(19)20)14(16)8-12/h4,6,8,10-11,13,17H,3,5,7,9H2,1-2H3. The Bertz CT molecular complexity index is 493. The Morgan fingerprint density at radius 1 is 1.35 bits per heavy atom. The van der Waals surface area contributed by atoms with Gasteiger partial charge in [0, 0.05) is 18.7 Å². The van der Waals surface area contributed by atoms with Gasteiger partial charge in [-0.3, -0.25) is 10.1 Å². The summed E-state index contributed by atoms with van der Waals surface area (Å²) in [5.74, 6) is 0.708. The molecule has 0 spiro atoms. The summed E-state index contributed by atoms with van der Waals surface area (Å²) in [6, 6.07) is 4.56. The van der Waals surface area contributed by atoms with Crippen molar-refractivity contribution < 1.29 is 9.31 Å². The lowest BCUT2D eigenvalue weighted by molar-refractivity contribution is -0.387. The zero-order chi connectivity index (χ0) is 14.7. The molecule has 1 N–H and O–H groups in total. The van der Waals surface area contributed by atoms with Gasteiger partial charge in [-0.2, -0.15) is 4.39 Å². The number of nitro groups is 1. The Hall–Kier alpha value is -1.49. The fourth-order valence-corrected chi connectivity index (χ4v) is 2.80. The second kappa shape index (κ2) is 6.31. The summed E-state index contributed by atoms with van der Waals surface area (Å²) in [5.41, 5.74) is 0.285. The van der Waals surface area contributed by atoms with E-state index in [9.17, 15) is 14.5 Å². The van der Waals surface area contributed by atoms with Gasteiger partial charge in [-0.05, 0) is 42.7 Å². The maximum Gasteiger partial charge on any atom is 0.304 e. The van der Waals surface area contributed by atoms with Crippen LogP contribution in [0.15, 0.2) is 18.2 Å². The SMILES string of the molecule is CC1CCC(NCc2ccc([N+](=O)[O-])c(F)c2)CC1C. The molecule has 1 aliphatic rings. The molecule has 1 aliphatic carbocycles. The third-order valence-corrected chi connectivity index (χ3v) is 4.40. The first-order chi connectivity index (χ1) is 9.47. The molecule has 0 bridgehead atoms. The van der Waals surface area contributed by atoms with Gasteiger partial charge in [-0.1, -0.05) is 19.9 Å². The molecule has 0 saturated heterocycles. The highest BCUT2D eigenvalue weighted by molar-refractivity contribution is 5.34. The van der Waals surface area contributed by atoms with E-state index in [2.05, 4.69) is 19.2 Å². The van der Waals surface area contributed by atoms with Crippen LogP contribution in [-0.2, 0) is 6.54 Å². The first kappa shape index (κ1) is 14.9. The van der Waals surface area contributed by atoms with E-state index in [0.29, 0.717) is 18.5 Å². The first-order valence-corrected chi connectivity index (χ1v) is 7.13. The molecule has 1 fully saturated rings. The molecule has 4 nitrogen and oxygen atoms in total. The van der Waals surface area contributed by atoms with Crippen molar-refractivity contribution in [2.24, 2.45) is 11.8 Å². The van der Waals surface area contributed by atoms with Gasteiger partial charge < -0.3 is 5.32 Å². The molecule has 3 unspecified atom stereocenters. The summed E-state index contributed by atoms with van der Waals surface area (Å²) in [6.45, 7) is 5.11. The zero-order valence-corrected chi connectivity index (χ0v) is 11.9. The van der Waals surface area contributed by atoms with Crippen molar-refractivity contribution in [2.75, 3.05) is 0 Å². The molecular weight excluding hydrogens is 259 g/mol. The molecule has 0 heterocycles. The molecular formula is C15H21FN2O2. The van der Waals surface area contributed by atoms with E-state index in [-0.39, 0.29) is 0 Å². The maximum absolute atomic E-state index is 13.5. The summed E-state index contributed by atoms with van der Waals surface area (Å²) in [7, 11) is 0. The van der Waals surface area contributed by atoms with E-state index in [1.807, 2.05) is 0 Å². The topological polar surface area (TPSA) is 55.2 Å². The Kier molecular flexibility index (Phi) is 4.70. The Morgan fingerprint density at radius 2 is 2.10 bits per heavy atom. The summed E-state index contributed by atoms with van der Waals surface area (Å²) in [6.07, 6.45) is 3.49. The average molecular weight is 280 g/mol. The van der Waals surface area contributed by atoms with Crippen LogP contribution in [0, 0.1) is 27.8 Å². The third-order valence-electron chi connectivity index (χ3n) is 4.40. The highest BCUT2D eigenvalue weighted by Crippen LogP contribution is 2.29. The fraction of sp³-hybridized carbons (Fsp3) is 0.600. The monoisotopic (exact) mass is 280 g/mol. The van der Waals surface area contributed by atoms with Crippen molar-refractivity contribution in [3.8, 4) is 0 Å². The molecule has 1 aromatic carbocycles. The number of hydrogen-bond donors (Lipinski definition) is 1. The minimum absolute atomic E-state index is 0.458. The molecule has 2 rings (SSSR count). The number of hydrogen-bond acceptors (Lipinski definition) is 3. The minimum Gasteiger partial charge on any atom is -0.310 e. The van der Waals surface area contributed by atoms with Crippen molar-refractivity contribution >= 4 is 5.69 Å². The van der Waals surface area contributed by atoms with E-state index < -0.39 is 16.4 Å². The van der Waals surface area contributed by atoms with Gasteiger partial charge in [0.05, 0.1) is 4.92 Å². The normalized spacial score (nSPS) is 26.4. The predicted octanol–water partition coefficient (Wildman–Crippen LogP) is 3.65. The van der Waals surface area contributed by atoms with Crippen molar-refractivity contribution in [3.05, 3.63) is 39.7 Å². The largest absolute Gasteiger partial charge is 0.310 e. The van der Waals surface area contributed by atoms with Crippen LogP contribution in [0.5, 0.6) is 0 Å². The number of benzene rings is 1. The van der Waals surface area contributed by atoms with Crippen LogP contribution in [0.4, 0.5) is 10.1 Å². The lowest BCUT2D eigenvalue weighted by atomic mass is 9.79. The van der Waals surface area contributed by atoms with Crippen LogP contribution >= 0.6 is 0 Å². The van der Waals surface area contributed by atoms with E-state index in [1.165, 1.54) is 18.6 Å². The van der Waals surface area contributed by atoms with Gasteiger partial charge in [0.2, 0.25) is 5.82 Å². The first-order valence-electron chi connectivity index (χ1n) is 7.13. The molecule has 5 heteroatoms. The van der Waals surface area contributed by atoms with E-state index in [4.69, 9.17) is 0 Å². The van der Waals surface area contributed by atoms with Crippen LogP contribution in [0.3, 0.4) is 0 Å². The molecule has 0 aromatic heterocycles. The van der Waals surface area contributed by atoms with E-state index >= 15 is 0 Å². The minimum atomic E-state index is -0.764. The smallest absolute Gasteiger partial charge is 0.304 e. The fourth-order valence-electron chi connectivity index (χ4n) is 2.80. The second-order valence-corrected chi connectivity index (χ2v) is 5.89. The quantitative estimate of drug-likeness (QED) is 0.676. The van der Waals surface area contributed by atoms with E-state index in [1.54, 1.807) is 6.07 Å². The van der Waals surface area contributed by atoms with Gasteiger partial charge in [0.1, 0.15) is 0 Å². The molecule has 1 aromatic rings. The number of halogens is 1. The molecule has 1 saturated carbocycles. The Balaban J connectivity index is 1.91. The summed E-state index contributed by atoms with van der Waals surface area (Å²) < 4.78 is 13.5. The Morgan fingerprint density at radius 3 is 2.70 bits per heavy atom. The zero-order valence-electron chi connectivity index (χ0n) is 11.9. The molecule has 0 amide bonds. The van der Waals surface area contributed by atoms with Crippen LogP contribution < -0.4 is 5.32 Å². The number of nitro benzene ring substituents is 1.